The van der Waals surface area contributed by atoms with Crippen LogP contribution in [0.1, 0.15) is 71.1 Å². The molecule has 4 saturated carbocycles. The summed E-state index contributed by atoms with van der Waals surface area (Å²) in [6, 6.07) is 0. The molecule has 0 aromatic rings. The highest BCUT2D eigenvalue weighted by Crippen LogP contribution is 2.65. The molecule has 0 amide bonds. The molecule has 0 saturated heterocycles. The number of methoxy groups -OCH3 is 1. The zero-order valence-corrected chi connectivity index (χ0v) is 16.3. The van der Waals surface area contributed by atoms with Crippen LogP contribution in [0.25, 0.3) is 0 Å². The molecule has 2 N–H and O–H groups in total. The maximum Gasteiger partial charge on any atom is 0.0882 e. The molecule has 0 aromatic heterocycles. The van der Waals surface area contributed by atoms with Crippen LogP contribution in [0.3, 0.4) is 0 Å². The standard InChI is InChI=1S/C22H38O3/c1-3-22-11-9-18-17-8-10-21(24,14-25-2)12-15(17)4-6-19(18)20(22)7-5-16(22)13-23/h15-20,23-24H,3-14H2,1-2H3/t15-,16-,17+,18-,19-,20+,21+,22-/m1/s1. The van der Waals surface area contributed by atoms with Gasteiger partial charge < -0.3 is 14.9 Å². The van der Waals surface area contributed by atoms with Gasteiger partial charge in [-0.1, -0.05) is 6.92 Å². The van der Waals surface area contributed by atoms with Gasteiger partial charge in [-0.3, -0.25) is 0 Å². The molecule has 3 nitrogen and oxygen atoms in total. The molecule has 144 valence electrons. The minimum absolute atomic E-state index is 0.401. The van der Waals surface area contributed by atoms with Gasteiger partial charge in [0.25, 0.3) is 0 Å². The van der Waals surface area contributed by atoms with Crippen LogP contribution in [0.4, 0.5) is 0 Å². The van der Waals surface area contributed by atoms with E-state index in [1.54, 1.807) is 7.11 Å². The van der Waals surface area contributed by atoms with Crippen molar-refractivity contribution in [3.8, 4) is 0 Å². The van der Waals surface area contributed by atoms with Crippen LogP contribution < -0.4 is 0 Å². The second kappa shape index (κ2) is 6.80. The Bertz CT molecular complexity index is 480. The third-order valence-corrected chi connectivity index (χ3v) is 9.29. The van der Waals surface area contributed by atoms with E-state index in [1.807, 2.05) is 0 Å². The Morgan fingerprint density at radius 1 is 0.960 bits per heavy atom. The van der Waals surface area contributed by atoms with Crippen LogP contribution in [0.5, 0.6) is 0 Å². The van der Waals surface area contributed by atoms with Gasteiger partial charge in [0.1, 0.15) is 0 Å². The number of aliphatic hydroxyl groups is 2. The van der Waals surface area contributed by atoms with E-state index in [1.165, 1.54) is 51.4 Å². The molecular weight excluding hydrogens is 312 g/mol. The van der Waals surface area contributed by atoms with Crippen molar-refractivity contribution in [1.29, 1.82) is 0 Å². The Labute approximate surface area is 153 Å². The van der Waals surface area contributed by atoms with Crippen LogP contribution >= 0.6 is 0 Å². The van der Waals surface area contributed by atoms with Crippen molar-refractivity contribution >= 4 is 0 Å². The Hall–Kier alpha value is -0.120. The molecule has 4 fully saturated rings. The fraction of sp³-hybridized carbons (Fsp3) is 1.00. The van der Waals surface area contributed by atoms with Gasteiger partial charge in [-0.2, -0.15) is 0 Å². The molecule has 0 bridgehead atoms. The lowest BCUT2D eigenvalue weighted by Gasteiger charge is -2.57. The van der Waals surface area contributed by atoms with E-state index >= 15 is 0 Å². The number of fused-ring (bicyclic) bond motifs is 5. The Balaban J connectivity index is 1.51. The first-order valence-electron chi connectivity index (χ1n) is 10.9. The van der Waals surface area contributed by atoms with E-state index in [2.05, 4.69) is 6.92 Å². The molecule has 4 aliphatic rings. The van der Waals surface area contributed by atoms with Crippen LogP contribution in [0.15, 0.2) is 0 Å². The molecule has 4 aliphatic carbocycles. The van der Waals surface area contributed by atoms with Crippen molar-refractivity contribution in [2.75, 3.05) is 20.3 Å². The highest BCUT2D eigenvalue weighted by molar-refractivity contribution is 5.08. The molecule has 0 aromatic carbocycles. The third-order valence-electron chi connectivity index (χ3n) is 9.29. The number of ether oxygens (including phenoxy) is 1. The van der Waals surface area contributed by atoms with Gasteiger partial charge in [0, 0.05) is 13.7 Å². The first kappa shape index (κ1) is 18.3. The van der Waals surface area contributed by atoms with Gasteiger partial charge in [-0.25, -0.2) is 0 Å². The summed E-state index contributed by atoms with van der Waals surface area (Å²) in [7, 11) is 1.71. The van der Waals surface area contributed by atoms with Gasteiger partial charge >= 0.3 is 0 Å². The summed E-state index contributed by atoms with van der Waals surface area (Å²) in [5.41, 5.74) is -0.131. The average molecular weight is 351 g/mol. The smallest absolute Gasteiger partial charge is 0.0882 e. The number of aliphatic hydroxyl groups excluding tert-OH is 1. The lowest BCUT2D eigenvalue weighted by atomic mass is 9.48. The monoisotopic (exact) mass is 350 g/mol. The maximum atomic E-state index is 10.8. The van der Waals surface area contributed by atoms with Crippen LogP contribution in [0.2, 0.25) is 0 Å². The second-order valence-electron chi connectivity index (χ2n) is 9.92. The fourth-order valence-corrected chi connectivity index (χ4v) is 8.28. The second-order valence-corrected chi connectivity index (χ2v) is 9.92. The molecule has 0 aliphatic heterocycles. The summed E-state index contributed by atoms with van der Waals surface area (Å²) in [6.45, 7) is 3.28. The van der Waals surface area contributed by atoms with Gasteiger partial charge in [-0.05, 0) is 105 Å². The molecule has 3 heteroatoms. The molecule has 25 heavy (non-hydrogen) atoms. The van der Waals surface area contributed by atoms with E-state index in [0.717, 1.165) is 36.5 Å². The van der Waals surface area contributed by atoms with Gasteiger partial charge in [0.15, 0.2) is 0 Å². The van der Waals surface area contributed by atoms with Gasteiger partial charge in [-0.15, -0.1) is 0 Å². The Kier molecular flexibility index (Phi) is 4.96. The summed E-state index contributed by atoms with van der Waals surface area (Å²) in [5.74, 6) is 4.72. The van der Waals surface area contributed by atoms with E-state index < -0.39 is 5.60 Å². The van der Waals surface area contributed by atoms with Crippen molar-refractivity contribution in [3.05, 3.63) is 0 Å². The third kappa shape index (κ3) is 2.80. The first-order chi connectivity index (χ1) is 12.1. The molecular formula is C22H38O3. The predicted octanol–water partition coefficient (Wildman–Crippen LogP) is 4.02. The zero-order valence-electron chi connectivity index (χ0n) is 16.3. The lowest BCUT2D eigenvalue weighted by Crippen LogP contribution is -2.52. The minimum atomic E-state index is -0.570. The van der Waals surface area contributed by atoms with E-state index in [4.69, 9.17) is 4.74 Å². The number of rotatable bonds is 4. The topological polar surface area (TPSA) is 49.7 Å². The molecule has 0 unspecified atom stereocenters. The first-order valence-corrected chi connectivity index (χ1v) is 10.9. The van der Waals surface area contributed by atoms with Crippen LogP contribution in [-0.2, 0) is 4.74 Å². The van der Waals surface area contributed by atoms with Gasteiger partial charge in [0.2, 0.25) is 0 Å². The zero-order chi connectivity index (χ0) is 17.7. The Morgan fingerprint density at radius 2 is 1.76 bits per heavy atom. The SMILES string of the molecule is CC[C@]12CC[C@H]3[C@@H](CC[C@@H]4C[C@](O)(COC)CC[C@@H]43)[C@@H]1CC[C@@H]2CO. The van der Waals surface area contributed by atoms with Crippen LogP contribution in [-0.4, -0.2) is 36.1 Å². The van der Waals surface area contributed by atoms with Crippen molar-refractivity contribution in [2.45, 2.75) is 76.7 Å². The molecule has 0 radical (unpaired) electrons. The minimum Gasteiger partial charge on any atom is -0.396 e. The highest BCUT2D eigenvalue weighted by atomic mass is 16.5. The average Bonchev–Trinajstić information content (AvgIpc) is 3.00. The lowest BCUT2D eigenvalue weighted by molar-refractivity contribution is -0.128. The van der Waals surface area contributed by atoms with Crippen LogP contribution in [0, 0.1) is 40.9 Å². The highest BCUT2D eigenvalue weighted by Gasteiger charge is 2.58. The summed E-state index contributed by atoms with van der Waals surface area (Å²) in [4.78, 5) is 0. The van der Waals surface area contributed by atoms with E-state index in [9.17, 15) is 10.2 Å². The predicted molar refractivity (Wildman–Crippen MR) is 99.1 cm³/mol. The largest absolute Gasteiger partial charge is 0.396 e. The fourth-order valence-electron chi connectivity index (χ4n) is 8.28. The molecule has 0 spiro atoms. The van der Waals surface area contributed by atoms with Crippen molar-refractivity contribution in [3.63, 3.8) is 0 Å². The normalized spacial score (nSPS) is 52.3. The molecule has 4 rings (SSSR count). The number of hydrogen-bond acceptors (Lipinski definition) is 3. The quantitative estimate of drug-likeness (QED) is 0.805. The Morgan fingerprint density at radius 3 is 2.48 bits per heavy atom. The van der Waals surface area contributed by atoms with Crippen molar-refractivity contribution in [1.82, 2.24) is 0 Å². The van der Waals surface area contributed by atoms with Crippen molar-refractivity contribution in [2.24, 2.45) is 40.9 Å². The number of hydrogen-bond donors (Lipinski definition) is 2. The van der Waals surface area contributed by atoms with Crippen molar-refractivity contribution < 1.29 is 14.9 Å². The van der Waals surface area contributed by atoms with Gasteiger partial charge in [0.05, 0.1) is 12.2 Å². The van der Waals surface area contributed by atoms with E-state index in [0.29, 0.717) is 30.5 Å². The summed E-state index contributed by atoms with van der Waals surface area (Å²) >= 11 is 0. The molecule has 0 heterocycles. The maximum absolute atomic E-state index is 10.8. The summed E-state index contributed by atoms with van der Waals surface area (Å²) in [6.07, 6.45) is 12.3. The summed E-state index contributed by atoms with van der Waals surface area (Å²) in [5, 5.41) is 20.8. The molecule has 8 atom stereocenters. The summed E-state index contributed by atoms with van der Waals surface area (Å²) < 4.78 is 5.31. The van der Waals surface area contributed by atoms with E-state index in [-0.39, 0.29) is 0 Å².